The molecule has 1 heterocycles. The first kappa shape index (κ1) is 19.8. The van der Waals surface area contributed by atoms with Crippen LogP contribution in [0.15, 0.2) is 23.1 Å². The normalized spacial score (nSPS) is 18.4. The van der Waals surface area contributed by atoms with Gasteiger partial charge in [-0.3, -0.25) is 4.79 Å². The molecule has 0 aliphatic carbocycles. The highest BCUT2D eigenvalue weighted by Gasteiger charge is 2.25. The van der Waals surface area contributed by atoms with E-state index in [0.717, 1.165) is 31.5 Å². The summed E-state index contributed by atoms with van der Waals surface area (Å²) >= 11 is 0. The number of hydrogen-bond donors (Lipinski definition) is 2. The van der Waals surface area contributed by atoms with Crippen molar-refractivity contribution >= 4 is 28.3 Å². The number of carbonyl (C=O) groups excluding carboxylic acids is 1. The molecule has 9 heteroatoms. The highest BCUT2D eigenvalue weighted by molar-refractivity contribution is 7.89. The summed E-state index contributed by atoms with van der Waals surface area (Å²) in [4.78, 5) is 13.5. The van der Waals surface area contributed by atoms with Gasteiger partial charge in [-0.15, -0.1) is 12.4 Å². The van der Waals surface area contributed by atoms with E-state index in [1.54, 1.807) is 4.90 Å². The van der Waals surface area contributed by atoms with Crippen LogP contribution in [-0.2, 0) is 10.0 Å². The first-order chi connectivity index (χ1) is 10.3. The van der Waals surface area contributed by atoms with Crippen LogP contribution in [0.25, 0.3) is 0 Å². The molecule has 0 radical (unpaired) electrons. The Balaban J connectivity index is 0.00000264. The van der Waals surface area contributed by atoms with Crippen LogP contribution in [0, 0.1) is 11.7 Å². The van der Waals surface area contributed by atoms with Crippen LogP contribution < -0.4 is 10.5 Å². The number of nitrogens with zero attached hydrogens (tertiary/aromatic N) is 1. The van der Waals surface area contributed by atoms with E-state index in [0.29, 0.717) is 19.0 Å². The highest BCUT2D eigenvalue weighted by Crippen LogP contribution is 2.20. The monoisotopic (exact) mass is 365 g/mol. The fourth-order valence-electron chi connectivity index (χ4n) is 2.75. The molecule has 1 aromatic rings. The van der Waals surface area contributed by atoms with Crippen LogP contribution in [0.1, 0.15) is 23.2 Å². The molecule has 1 unspecified atom stereocenters. The van der Waals surface area contributed by atoms with Crippen LogP contribution in [0.3, 0.4) is 0 Å². The van der Waals surface area contributed by atoms with Gasteiger partial charge in [0, 0.05) is 18.7 Å². The molecular weight excluding hydrogens is 345 g/mol. The quantitative estimate of drug-likeness (QED) is 0.831. The zero-order valence-corrected chi connectivity index (χ0v) is 14.4. The second-order valence-electron chi connectivity index (χ2n) is 5.51. The van der Waals surface area contributed by atoms with Crippen LogP contribution in [0.4, 0.5) is 4.39 Å². The smallest absolute Gasteiger partial charge is 0.253 e. The lowest BCUT2D eigenvalue weighted by Crippen LogP contribution is -2.42. The summed E-state index contributed by atoms with van der Waals surface area (Å²) in [6, 6.07) is 3.27. The van der Waals surface area contributed by atoms with Crippen molar-refractivity contribution in [1.29, 1.82) is 0 Å². The number of amides is 1. The molecular formula is C14H21ClFN3O3S. The number of primary sulfonamides is 1. The lowest BCUT2D eigenvalue weighted by Gasteiger charge is -2.32. The summed E-state index contributed by atoms with van der Waals surface area (Å²) < 4.78 is 36.2. The fourth-order valence-corrected chi connectivity index (χ4v) is 3.34. The minimum absolute atomic E-state index is 0. The number of hydrogen-bond acceptors (Lipinski definition) is 4. The number of nitrogens with one attached hydrogen (secondary N) is 1. The van der Waals surface area contributed by atoms with Gasteiger partial charge < -0.3 is 10.2 Å². The summed E-state index contributed by atoms with van der Waals surface area (Å²) in [6.07, 6.45) is 1.94. The standard InChI is InChI=1S/C14H20FN3O3S.ClH/c1-17-8-10-3-2-6-18(9-10)14(19)11-4-5-13(12(15)7-11)22(16,20)21;/h4-5,7,10,17H,2-3,6,8-9H2,1H3,(H2,16,20,21);1H. The molecule has 1 atom stereocenters. The topological polar surface area (TPSA) is 92.5 Å². The lowest BCUT2D eigenvalue weighted by atomic mass is 9.97. The molecule has 0 saturated carbocycles. The van der Waals surface area contributed by atoms with Crippen LogP contribution in [-0.4, -0.2) is 45.9 Å². The molecule has 1 amide bonds. The first-order valence-corrected chi connectivity index (χ1v) is 8.63. The maximum atomic E-state index is 13.8. The summed E-state index contributed by atoms with van der Waals surface area (Å²) in [5.74, 6) is -0.922. The predicted molar refractivity (Wildman–Crippen MR) is 87.6 cm³/mol. The van der Waals surface area contributed by atoms with Crippen molar-refractivity contribution in [3.8, 4) is 0 Å². The Morgan fingerprint density at radius 1 is 1.48 bits per heavy atom. The first-order valence-electron chi connectivity index (χ1n) is 7.09. The van der Waals surface area contributed by atoms with Crippen molar-refractivity contribution in [3.05, 3.63) is 29.6 Å². The molecule has 1 aliphatic rings. The van der Waals surface area contributed by atoms with Gasteiger partial charge in [0.2, 0.25) is 10.0 Å². The van der Waals surface area contributed by atoms with E-state index in [9.17, 15) is 17.6 Å². The minimum Gasteiger partial charge on any atom is -0.338 e. The van der Waals surface area contributed by atoms with E-state index < -0.39 is 20.7 Å². The maximum Gasteiger partial charge on any atom is 0.253 e. The molecule has 1 fully saturated rings. The second-order valence-corrected chi connectivity index (χ2v) is 7.04. The number of carbonyl (C=O) groups is 1. The summed E-state index contributed by atoms with van der Waals surface area (Å²) in [5, 5.41) is 8.00. The van der Waals surface area contributed by atoms with Crippen molar-refractivity contribution in [1.82, 2.24) is 10.2 Å². The van der Waals surface area contributed by atoms with E-state index in [1.807, 2.05) is 7.05 Å². The van der Waals surface area contributed by atoms with Gasteiger partial charge in [0.05, 0.1) is 0 Å². The lowest BCUT2D eigenvalue weighted by molar-refractivity contribution is 0.0673. The molecule has 1 aliphatic heterocycles. The Labute approximate surface area is 141 Å². The molecule has 1 aromatic carbocycles. The average molecular weight is 366 g/mol. The van der Waals surface area contributed by atoms with Crippen LogP contribution in [0.5, 0.6) is 0 Å². The van der Waals surface area contributed by atoms with E-state index >= 15 is 0 Å². The third-order valence-electron chi connectivity index (χ3n) is 3.78. The van der Waals surface area contributed by atoms with Crippen molar-refractivity contribution in [2.75, 3.05) is 26.7 Å². The molecule has 6 nitrogen and oxygen atoms in total. The number of benzene rings is 1. The Hall–Kier alpha value is -1.22. The average Bonchev–Trinajstić information content (AvgIpc) is 2.45. The number of likely N-dealkylation sites (tertiary alicyclic amines) is 1. The van der Waals surface area contributed by atoms with Gasteiger partial charge in [-0.1, -0.05) is 0 Å². The van der Waals surface area contributed by atoms with E-state index in [1.165, 1.54) is 6.07 Å². The number of halogens is 2. The summed E-state index contributed by atoms with van der Waals surface area (Å²) in [6.45, 7) is 2.05. The summed E-state index contributed by atoms with van der Waals surface area (Å²) in [7, 11) is -2.26. The molecule has 0 spiro atoms. The molecule has 130 valence electrons. The zero-order chi connectivity index (χ0) is 16.3. The Morgan fingerprint density at radius 2 is 2.17 bits per heavy atom. The second kappa shape index (κ2) is 8.05. The highest BCUT2D eigenvalue weighted by atomic mass is 35.5. The number of rotatable bonds is 4. The third kappa shape index (κ3) is 4.87. The van der Waals surface area contributed by atoms with Gasteiger partial charge in [-0.2, -0.15) is 0 Å². The zero-order valence-electron chi connectivity index (χ0n) is 12.8. The van der Waals surface area contributed by atoms with Crippen molar-refractivity contribution < 1.29 is 17.6 Å². The summed E-state index contributed by atoms with van der Waals surface area (Å²) in [5.41, 5.74) is 0.134. The maximum absolute atomic E-state index is 13.8. The number of nitrogens with two attached hydrogens (primary N) is 1. The van der Waals surface area contributed by atoms with Crippen molar-refractivity contribution in [3.63, 3.8) is 0 Å². The SMILES string of the molecule is CNCC1CCCN(C(=O)c2ccc(S(N)(=O)=O)c(F)c2)C1.Cl. The predicted octanol–water partition coefficient (Wildman–Crippen LogP) is 0.966. The van der Waals surface area contributed by atoms with Gasteiger partial charge >= 0.3 is 0 Å². The molecule has 3 N–H and O–H groups in total. The Kier molecular flexibility index (Phi) is 6.94. The Morgan fingerprint density at radius 3 is 2.74 bits per heavy atom. The molecule has 2 rings (SSSR count). The van der Waals surface area contributed by atoms with Crippen LogP contribution in [0.2, 0.25) is 0 Å². The molecule has 0 bridgehead atoms. The largest absolute Gasteiger partial charge is 0.338 e. The number of sulfonamides is 1. The van der Waals surface area contributed by atoms with Crippen molar-refractivity contribution in [2.24, 2.45) is 11.1 Å². The van der Waals surface area contributed by atoms with Gasteiger partial charge in [0.1, 0.15) is 10.7 Å². The molecule has 1 saturated heterocycles. The molecule has 0 aromatic heterocycles. The van der Waals surface area contributed by atoms with E-state index in [4.69, 9.17) is 5.14 Å². The Bertz CT molecular complexity index is 667. The van der Waals surface area contributed by atoms with Gasteiger partial charge in [0.25, 0.3) is 5.91 Å². The van der Waals surface area contributed by atoms with Gasteiger partial charge in [-0.25, -0.2) is 17.9 Å². The van der Waals surface area contributed by atoms with Crippen LogP contribution >= 0.6 is 12.4 Å². The molecule has 23 heavy (non-hydrogen) atoms. The van der Waals surface area contributed by atoms with E-state index in [2.05, 4.69) is 5.32 Å². The minimum atomic E-state index is -4.13. The third-order valence-corrected chi connectivity index (χ3v) is 4.73. The van der Waals surface area contributed by atoms with E-state index in [-0.39, 0.29) is 23.9 Å². The number of piperidine rings is 1. The fraction of sp³-hybridized carbons (Fsp3) is 0.500. The van der Waals surface area contributed by atoms with Gasteiger partial charge in [0.15, 0.2) is 0 Å². The van der Waals surface area contributed by atoms with Gasteiger partial charge in [-0.05, 0) is 50.6 Å². The van der Waals surface area contributed by atoms with Crippen molar-refractivity contribution in [2.45, 2.75) is 17.7 Å².